The van der Waals surface area contributed by atoms with Gasteiger partial charge in [-0.05, 0) is 97.3 Å². The summed E-state index contributed by atoms with van der Waals surface area (Å²) in [6.07, 6.45) is 9.77. The summed E-state index contributed by atoms with van der Waals surface area (Å²) < 4.78 is 0. The third kappa shape index (κ3) is 6.83. The van der Waals surface area contributed by atoms with Crippen molar-refractivity contribution in [2.45, 2.75) is 111 Å². The number of carbonyl (C=O) groups is 2. The fourth-order valence-electron chi connectivity index (χ4n) is 7.23. The second kappa shape index (κ2) is 12.0. The number of carbonyl (C=O) groups excluding carboxylic acids is 2. The van der Waals surface area contributed by atoms with Crippen LogP contribution < -0.4 is 5.32 Å². The summed E-state index contributed by atoms with van der Waals surface area (Å²) in [5.41, 5.74) is 5.06. The third-order valence-corrected chi connectivity index (χ3v) is 10.3. The molecule has 2 aliphatic carbocycles. The third-order valence-electron chi connectivity index (χ3n) is 10.3. The van der Waals surface area contributed by atoms with E-state index >= 15 is 0 Å². The number of nitrogens with one attached hydrogen (secondary N) is 1. The molecule has 0 bridgehead atoms. The predicted octanol–water partition coefficient (Wildman–Crippen LogP) is 8.73. The van der Waals surface area contributed by atoms with Gasteiger partial charge in [0.25, 0.3) is 11.8 Å². The van der Waals surface area contributed by atoms with E-state index in [1.807, 2.05) is 24.3 Å². The van der Waals surface area contributed by atoms with Gasteiger partial charge in [-0.1, -0.05) is 77.9 Å². The van der Waals surface area contributed by atoms with Crippen molar-refractivity contribution in [2.24, 2.45) is 32.0 Å². The Morgan fingerprint density at radius 3 is 2.13 bits per heavy atom. The van der Waals surface area contributed by atoms with Crippen molar-refractivity contribution in [2.75, 3.05) is 6.54 Å². The first-order chi connectivity index (χ1) is 21.3. The molecule has 1 unspecified atom stereocenters. The molecule has 45 heavy (non-hydrogen) atoms. The molecule has 238 valence electrons. The number of hydrogen-bond donors (Lipinski definition) is 1. The van der Waals surface area contributed by atoms with Gasteiger partial charge in [-0.2, -0.15) is 10.2 Å². The summed E-state index contributed by atoms with van der Waals surface area (Å²) in [5, 5.41) is 10.5. The van der Waals surface area contributed by atoms with Crippen molar-refractivity contribution >= 4 is 17.5 Å². The lowest BCUT2D eigenvalue weighted by Crippen LogP contribution is -2.51. The van der Waals surface area contributed by atoms with Gasteiger partial charge in [0.15, 0.2) is 0 Å². The van der Waals surface area contributed by atoms with Crippen LogP contribution in [0.25, 0.3) is 0 Å². The maximum absolute atomic E-state index is 14.7. The van der Waals surface area contributed by atoms with Crippen LogP contribution in [-0.2, 0) is 4.79 Å². The quantitative estimate of drug-likeness (QED) is 0.309. The molecule has 0 aromatic heterocycles. The molecule has 7 nitrogen and oxygen atoms in total. The monoisotopic (exact) mass is 607 g/mol. The summed E-state index contributed by atoms with van der Waals surface area (Å²) in [5.74, 6) is 1.15. The van der Waals surface area contributed by atoms with Crippen LogP contribution in [0.2, 0.25) is 0 Å². The van der Waals surface area contributed by atoms with E-state index in [0.29, 0.717) is 29.7 Å². The largest absolute Gasteiger partial charge is 0.346 e. The number of benzene rings is 2. The highest BCUT2D eigenvalue weighted by molar-refractivity contribution is 6.46. The average molecular weight is 608 g/mol. The standard InChI is InChI=1S/C38H49N5O2/c1-36(2,3)20-19-32(27-11-15-29(16-12-27)34(44)39-23-31-24-40-42-31)43-35(45)33(28-13-9-26(10-14-28)25-7-8-25)41-38(43)21-17-30(18-22-38)37(4,5)6/h9-16,24-25,30,32H,7-8,17-23H2,1-6H3,(H,39,44). The lowest BCUT2D eigenvalue weighted by atomic mass is 9.69. The molecule has 2 amide bonds. The fourth-order valence-corrected chi connectivity index (χ4v) is 7.23. The van der Waals surface area contributed by atoms with Gasteiger partial charge >= 0.3 is 0 Å². The Bertz CT molecular complexity index is 1510. The Labute approximate surface area is 268 Å². The van der Waals surface area contributed by atoms with Crippen LogP contribution in [-0.4, -0.2) is 34.6 Å². The molecule has 4 aliphatic rings. The Kier molecular flexibility index (Phi) is 8.34. The molecule has 6 rings (SSSR count). The van der Waals surface area contributed by atoms with E-state index in [1.165, 1.54) is 18.4 Å². The smallest absolute Gasteiger partial charge is 0.275 e. The van der Waals surface area contributed by atoms with E-state index in [0.717, 1.165) is 55.3 Å². The Balaban J connectivity index is 1.33. The highest BCUT2D eigenvalue weighted by Crippen LogP contribution is 2.50. The van der Waals surface area contributed by atoms with Gasteiger partial charge in [0.1, 0.15) is 17.1 Å². The summed E-state index contributed by atoms with van der Waals surface area (Å²) in [6.45, 7) is 14.1. The predicted molar refractivity (Wildman–Crippen MR) is 179 cm³/mol. The van der Waals surface area contributed by atoms with Crippen molar-refractivity contribution in [1.82, 2.24) is 10.2 Å². The first-order valence-corrected chi connectivity index (χ1v) is 16.8. The first kappa shape index (κ1) is 31.4. The van der Waals surface area contributed by atoms with Crippen LogP contribution in [0.4, 0.5) is 0 Å². The fraction of sp³-hybridized carbons (Fsp3) is 0.553. The molecule has 7 heteroatoms. The molecule has 1 atom stereocenters. The van der Waals surface area contributed by atoms with Gasteiger partial charge in [-0.3, -0.25) is 14.6 Å². The molecule has 1 N–H and O–H groups in total. The minimum atomic E-state index is -0.563. The van der Waals surface area contributed by atoms with Gasteiger partial charge in [0.05, 0.1) is 18.8 Å². The SMILES string of the molecule is CC(C)(C)CCC(c1ccc(C(=O)NCC2=CN=N2)cc1)N1C(=O)C(c2ccc(C3CC3)cc2)=NC12CCC(C(C)(C)C)CC2. The topological polar surface area (TPSA) is 86.5 Å². The second-order valence-electron chi connectivity index (χ2n) is 15.9. The molecule has 1 spiro atoms. The van der Waals surface area contributed by atoms with Crippen LogP contribution in [0.1, 0.15) is 132 Å². The highest BCUT2D eigenvalue weighted by atomic mass is 16.2. The highest BCUT2D eigenvalue weighted by Gasteiger charge is 2.52. The number of aliphatic imine (C=N–C) groups is 1. The van der Waals surface area contributed by atoms with Crippen molar-refractivity contribution in [1.29, 1.82) is 0 Å². The zero-order chi connectivity index (χ0) is 32.0. The summed E-state index contributed by atoms with van der Waals surface area (Å²) in [4.78, 5) is 35.1. The van der Waals surface area contributed by atoms with Crippen molar-refractivity contribution < 1.29 is 9.59 Å². The van der Waals surface area contributed by atoms with Crippen molar-refractivity contribution in [3.05, 3.63) is 82.7 Å². The van der Waals surface area contributed by atoms with Crippen LogP contribution in [0.5, 0.6) is 0 Å². The zero-order valence-corrected chi connectivity index (χ0v) is 27.9. The van der Waals surface area contributed by atoms with Gasteiger partial charge in [0.2, 0.25) is 0 Å². The van der Waals surface area contributed by atoms with Gasteiger partial charge in [-0.25, -0.2) is 0 Å². The lowest BCUT2D eigenvalue weighted by Gasteiger charge is -2.47. The van der Waals surface area contributed by atoms with Crippen LogP contribution in [0.3, 0.4) is 0 Å². The van der Waals surface area contributed by atoms with Gasteiger partial charge in [0, 0.05) is 11.1 Å². The first-order valence-electron chi connectivity index (χ1n) is 16.8. The Hall–Kier alpha value is -3.61. The van der Waals surface area contributed by atoms with Gasteiger partial charge < -0.3 is 10.2 Å². The van der Waals surface area contributed by atoms with Crippen molar-refractivity contribution in [3.8, 4) is 0 Å². The molecule has 2 fully saturated rings. The van der Waals surface area contributed by atoms with Crippen LogP contribution >= 0.6 is 0 Å². The van der Waals surface area contributed by atoms with E-state index in [-0.39, 0.29) is 28.7 Å². The van der Waals surface area contributed by atoms with E-state index in [1.54, 1.807) is 6.20 Å². The van der Waals surface area contributed by atoms with Crippen molar-refractivity contribution in [3.63, 3.8) is 0 Å². The molecule has 0 saturated heterocycles. The number of hydrogen-bond acceptors (Lipinski definition) is 5. The number of nitrogens with zero attached hydrogens (tertiary/aromatic N) is 4. The number of rotatable bonds is 9. The maximum Gasteiger partial charge on any atom is 0.275 e. The van der Waals surface area contributed by atoms with E-state index in [2.05, 4.69) is 86.3 Å². The minimum absolute atomic E-state index is 0.0343. The van der Waals surface area contributed by atoms with E-state index in [4.69, 9.17) is 4.99 Å². The molecule has 2 aromatic carbocycles. The number of azo groups is 1. The second-order valence-corrected chi connectivity index (χ2v) is 15.9. The van der Waals surface area contributed by atoms with Crippen LogP contribution in [0, 0.1) is 16.7 Å². The molecule has 2 aromatic rings. The van der Waals surface area contributed by atoms with E-state index in [9.17, 15) is 9.59 Å². The lowest BCUT2D eigenvalue weighted by molar-refractivity contribution is -0.134. The maximum atomic E-state index is 14.7. The van der Waals surface area contributed by atoms with E-state index < -0.39 is 5.66 Å². The van der Waals surface area contributed by atoms with Gasteiger partial charge in [-0.15, -0.1) is 0 Å². The Morgan fingerprint density at radius 1 is 0.956 bits per heavy atom. The minimum Gasteiger partial charge on any atom is -0.346 e. The van der Waals surface area contributed by atoms with Crippen LogP contribution in [0.15, 0.2) is 75.6 Å². The molecule has 2 saturated carbocycles. The Morgan fingerprint density at radius 2 is 1.60 bits per heavy atom. The number of amides is 2. The zero-order valence-electron chi connectivity index (χ0n) is 27.9. The molecular weight excluding hydrogens is 558 g/mol. The average Bonchev–Trinajstić information content (AvgIpc) is 3.78. The molecular formula is C38H49N5O2. The molecule has 0 radical (unpaired) electrons. The summed E-state index contributed by atoms with van der Waals surface area (Å²) in [7, 11) is 0. The summed E-state index contributed by atoms with van der Waals surface area (Å²) in [6, 6.07) is 16.3. The normalized spacial score (nSPS) is 23.9. The summed E-state index contributed by atoms with van der Waals surface area (Å²) >= 11 is 0. The molecule has 2 aliphatic heterocycles. The molecule has 2 heterocycles.